The predicted molar refractivity (Wildman–Crippen MR) is 49.6 cm³/mol. The average Bonchev–Trinajstić information content (AvgIpc) is 2.50. The highest BCUT2D eigenvalue weighted by Gasteiger charge is 1.88. The number of hydrogen-bond acceptors (Lipinski definition) is 0. The Balaban J connectivity index is 3.45. The van der Waals surface area contributed by atoms with Gasteiger partial charge in [0.05, 0.1) is 0 Å². The van der Waals surface area contributed by atoms with Gasteiger partial charge in [0.25, 0.3) is 0 Å². The smallest absolute Gasteiger partial charge is 0.0409 e. The summed E-state index contributed by atoms with van der Waals surface area (Å²) in [4.78, 5) is 3.19. The van der Waals surface area contributed by atoms with E-state index in [-0.39, 0.29) is 0 Å². The van der Waals surface area contributed by atoms with Crippen LogP contribution in [0.25, 0.3) is 11.6 Å². The lowest BCUT2D eigenvalue weighted by molar-refractivity contribution is 1.19. The van der Waals surface area contributed by atoms with Gasteiger partial charge in [0.15, 0.2) is 0 Å². The molecule has 0 fully saturated rings. The van der Waals surface area contributed by atoms with Gasteiger partial charge in [-0.25, -0.2) is 0 Å². The van der Waals surface area contributed by atoms with Crippen LogP contribution in [0.4, 0.5) is 0 Å². The third-order valence-electron chi connectivity index (χ3n) is 2.06. The van der Waals surface area contributed by atoms with E-state index >= 15 is 0 Å². The lowest BCUT2D eigenvalue weighted by Crippen LogP contribution is -2.23. The fourth-order valence-electron chi connectivity index (χ4n) is 1.18. The first-order valence-corrected chi connectivity index (χ1v) is 4.09. The van der Waals surface area contributed by atoms with Gasteiger partial charge in [0.1, 0.15) is 0 Å². The van der Waals surface area contributed by atoms with Crippen molar-refractivity contribution in [2.45, 2.75) is 27.2 Å². The Morgan fingerprint density at radius 3 is 2.91 bits per heavy atom. The van der Waals surface area contributed by atoms with E-state index in [0.717, 1.165) is 6.42 Å². The summed E-state index contributed by atoms with van der Waals surface area (Å²) in [5, 5.41) is 2.60. The zero-order chi connectivity index (χ0) is 8.27. The molecule has 1 N–H and O–H groups in total. The second-order valence-electron chi connectivity index (χ2n) is 2.73. The van der Waals surface area contributed by atoms with Crippen LogP contribution >= 0.6 is 0 Å². The molecule has 0 radical (unpaired) electrons. The van der Waals surface area contributed by atoms with Crippen molar-refractivity contribution in [2.24, 2.45) is 0 Å². The van der Waals surface area contributed by atoms with Gasteiger partial charge in [-0.2, -0.15) is 0 Å². The Kier molecular flexibility index (Phi) is 2.53. The van der Waals surface area contributed by atoms with Crippen molar-refractivity contribution in [3.05, 3.63) is 22.8 Å². The summed E-state index contributed by atoms with van der Waals surface area (Å²) in [5.41, 5.74) is 1.44. The molecule has 1 aromatic heterocycles. The topological polar surface area (TPSA) is 15.8 Å². The molecule has 1 rings (SSSR count). The first-order chi connectivity index (χ1) is 5.29. The van der Waals surface area contributed by atoms with Crippen molar-refractivity contribution < 1.29 is 0 Å². The first kappa shape index (κ1) is 8.12. The van der Waals surface area contributed by atoms with E-state index in [1.165, 1.54) is 16.1 Å². The molecule has 0 saturated carbocycles. The Morgan fingerprint density at radius 2 is 2.36 bits per heavy atom. The Bertz CT molecular complexity index is 330. The molecule has 0 saturated heterocycles. The van der Waals surface area contributed by atoms with Crippen LogP contribution in [0.2, 0.25) is 0 Å². The van der Waals surface area contributed by atoms with Gasteiger partial charge >= 0.3 is 0 Å². The van der Waals surface area contributed by atoms with Gasteiger partial charge in [0.2, 0.25) is 0 Å². The molecule has 0 amide bonds. The quantitative estimate of drug-likeness (QED) is 0.621. The molecule has 1 aromatic rings. The summed E-state index contributed by atoms with van der Waals surface area (Å²) in [5.74, 6) is 0. The summed E-state index contributed by atoms with van der Waals surface area (Å²) in [7, 11) is 0. The summed E-state index contributed by atoms with van der Waals surface area (Å²) >= 11 is 0. The number of aromatic nitrogens is 1. The average molecular weight is 149 g/mol. The molecule has 60 valence electrons. The highest BCUT2D eigenvalue weighted by atomic mass is 14.6. The van der Waals surface area contributed by atoms with Crippen LogP contribution in [0.15, 0.2) is 12.3 Å². The number of hydrogen-bond donors (Lipinski definition) is 1. The fourth-order valence-corrected chi connectivity index (χ4v) is 1.18. The minimum absolute atomic E-state index is 1.12. The fraction of sp³-hybridized carbons (Fsp3) is 0.400. The van der Waals surface area contributed by atoms with Gasteiger partial charge in [-0.3, -0.25) is 0 Å². The third kappa shape index (κ3) is 1.53. The Morgan fingerprint density at radius 1 is 1.64 bits per heavy atom. The van der Waals surface area contributed by atoms with E-state index in [0.29, 0.717) is 0 Å². The first-order valence-electron chi connectivity index (χ1n) is 4.09. The zero-order valence-electron chi connectivity index (χ0n) is 7.44. The second kappa shape index (κ2) is 3.42. The van der Waals surface area contributed by atoms with Gasteiger partial charge in [0, 0.05) is 11.5 Å². The van der Waals surface area contributed by atoms with Crippen molar-refractivity contribution >= 4 is 11.6 Å². The lowest BCUT2D eigenvalue weighted by Gasteiger charge is -1.90. The van der Waals surface area contributed by atoms with Crippen molar-refractivity contribution in [2.75, 3.05) is 0 Å². The zero-order valence-corrected chi connectivity index (χ0v) is 7.44. The minimum Gasteiger partial charge on any atom is -0.361 e. The molecule has 0 aliphatic heterocycles. The van der Waals surface area contributed by atoms with Crippen LogP contribution < -0.4 is 10.6 Å². The molecule has 0 spiro atoms. The summed E-state index contributed by atoms with van der Waals surface area (Å²) < 4.78 is 0. The maximum absolute atomic E-state index is 3.19. The van der Waals surface area contributed by atoms with Crippen molar-refractivity contribution in [1.82, 2.24) is 4.98 Å². The third-order valence-corrected chi connectivity index (χ3v) is 2.06. The van der Waals surface area contributed by atoms with Crippen molar-refractivity contribution in [3.8, 4) is 0 Å². The molecule has 1 heterocycles. The van der Waals surface area contributed by atoms with E-state index in [9.17, 15) is 0 Å². The van der Waals surface area contributed by atoms with E-state index in [2.05, 4.69) is 37.9 Å². The molecule has 0 atom stereocenters. The van der Waals surface area contributed by atoms with Gasteiger partial charge < -0.3 is 4.98 Å². The predicted octanol–water partition coefficient (Wildman–Crippen LogP) is 1.40. The van der Waals surface area contributed by atoms with Crippen molar-refractivity contribution in [1.29, 1.82) is 0 Å². The largest absolute Gasteiger partial charge is 0.361 e. The van der Waals surface area contributed by atoms with E-state index < -0.39 is 0 Å². The number of aromatic amines is 1. The molecular weight excluding hydrogens is 134 g/mol. The molecule has 0 bridgehead atoms. The van der Waals surface area contributed by atoms with E-state index in [1.807, 2.05) is 6.20 Å². The minimum atomic E-state index is 1.12. The van der Waals surface area contributed by atoms with Crippen LogP contribution in [-0.2, 0) is 0 Å². The molecule has 0 aromatic carbocycles. The Labute approximate surface area is 67.5 Å². The summed E-state index contributed by atoms with van der Waals surface area (Å²) in [6, 6.07) is 2.13. The maximum Gasteiger partial charge on any atom is 0.0409 e. The van der Waals surface area contributed by atoms with Gasteiger partial charge in [-0.05, 0) is 31.6 Å². The molecular formula is C10H15N. The lowest BCUT2D eigenvalue weighted by atomic mass is 10.2. The molecule has 0 aliphatic carbocycles. The molecule has 0 unspecified atom stereocenters. The Hall–Kier alpha value is -0.980. The van der Waals surface area contributed by atoms with E-state index in [4.69, 9.17) is 0 Å². The molecule has 0 aliphatic rings. The second-order valence-corrected chi connectivity index (χ2v) is 2.73. The number of nitrogens with one attached hydrogen (secondary N) is 1. The van der Waals surface area contributed by atoms with Crippen LogP contribution in [-0.4, -0.2) is 4.98 Å². The highest BCUT2D eigenvalue weighted by Crippen LogP contribution is 1.93. The van der Waals surface area contributed by atoms with E-state index in [1.54, 1.807) is 0 Å². The van der Waals surface area contributed by atoms with Crippen LogP contribution in [0.3, 0.4) is 0 Å². The number of H-pyrrole nitrogens is 1. The SMILES string of the molecule is C/C=c1/[nH]cc/c1=C(\C)CC. The normalized spacial score (nSPS) is 15.4. The standard InChI is InChI=1S/C10H15N/c1-4-8(3)9-6-7-11-10(9)5-2/h5-7,11H,4H2,1-3H3/b9-8-,10-5+. The van der Waals surface area contributed by atoms with Gasteiger partial charge in [-0.1, -0.05) is 18.6 Å². The van der Waals surface area contributed by atoms with Crippen LogP contribution in [0.1, 0.15) is 27.2 Å². The molecule has 1 nitrogen and oxygen atoms in total. The molecule has 1 heteroatoms. The highest BCUT2D eigenvalue weighted by molar-refractivity contribution is 5.41. The number of rotatable bonds is 1. The molecule has 11 heavy (non-hydrogen) atoms. The maximum atomic E-state index is 3.19. The van der Waals surface area contributed by atoms with Crippen LogP contribution in [0, 0.1) is 0 Å². The monoisotopic (exact) mass is 149 g/mol. The van der Waals surface area contributed by atoms with Crippen molar-refractivity contribution in [3.63, 3.8) is 0 Å². The summed E-state index contributed by atoms with van der Waals surface area (Å²) in [6.45, 7) is 6.41. The van der Waals surface area contributed by atoms with Gasteiger partial charge in [-0.15, -0.1) is 0 Å². The summed E-state index contributed by atoms with van der Waals surface area (Å²) in [6.07, 6.45) is 5.22. The van der Waals surface area contributed by atoms with Crippen LogP contribution in [0.5, 0.6) is 0 Å².